The molecule has 0 aromatic heterocycles. The lowest BCUT2D eigenvalue weighted by Crippen LogP contribution is -2.34. The normalized spacial score (nSPS) is 19.3. The van der Waals surface area contributed by atoms with Crippen molar-refractivity contribution < 1.29 is 19.1 Å². The minimum atomic E-state index is -0.452. The minimum absolute atomic E-state index is 0.126. The molecule has 6 heteroatoms. The average Bonchev–Trinajstić information content (AvgIpc) is 2.77. The number of carbonyl (C=O) groups is 2. The van der Waals surface area contributed by atoms with Crippen molar-refractivity contribution in [2.75, 3.05) is 18.5 Å². The zero-order valence-corrected chi connectivity index (χ0v) is 16.4. The van der Waals surface area contributed by atoms with Crippen molar-refractivity contribution in [3.63, 3.8) is 0 Å². The van der Waals surface area contributed by atoms with E-state index in [-0.39, 0.29) is 24.3 Å². The topological polar surface area (TPSA) is 76.7 Å². The fraction of sp³-hybridized carbons (Fsp3) is 0.391. The third-order valence-corrected chi connectivity index (χ3v) is 5.46. The summed E-state index contributed by atoms with van der Waals surface area (Å²) in [6.07, 6.45) is 2.35. The van der Waals surface area contributed by atoms with Crippen molar-refractivity contribution in [3.05, 3.63) is 65.2 Å². The van der Waals surface area contributed by atoms with Crippen molar-refractivity contribution in [3.8, 4) is 0 Å². The van der Waals surface area contributed by atoms with Crippen molar-refractivity contribution >= 4 is 17.5 Å². The summed E-state index contributed by atoms with van der Waals surface area (Å²) in [6, 6.07) is 15.5. The quantitative estimate of drug-likeness (QED) is 0.789. The Morgan fingerprint density at radius 2 is 1.79 bits per heavy atom. The summed E-state index contributed by atoms with van der Waals surface area (Å²) in [4.78, 5) is 24.6. The Kier molecular flexibility index (Phi) is 6.22. The number of fused-ring (bicyclic) bond motifs is 1. The van der Waals surface area contributed by atoms with Crippen LogP contribution in [0.2, 0.25) is 0 Å². The van der Waals surface area contributed by atoms with Gasteiger partial charge >= 0.3 is 0 Å². The number of para-hydroxylation sites is 1. The van der Waals surface area contributed by atoms with Crippen LogP contribution in [0.3, 0.4) is 0 Å². The first-order chi connectivity index (χ1) is 14.2. The summed E-state index contributed by atoms with van der Waals surface area (Å²) >= 11 is 0. The Labute approximate surface area is 170 Å². The standard InChI is InChI=1S/C23H26N2O4/c26-22-13-20(19-3-1-2-4-21(19)25-22)23(27)24-14-16-5-7-17(8-6-16)15-29-18-9-11-28-12-10-18/h1-8,18,20H,9-15H2,(H,24,27)(H,25,26). The van der Waals surface area contributed by atoms with Crippen LogP contribution < -0.4 is 10.6 Å². The van der Waals surface area contributed by atoms with Crippen molar-refractivity contribution in [1.29, 1.82) is 0 Å². The molecular formula is C23H26N2O4. The first-order valence-electron chi connectivity index (χ1n) is 10.1. The van der Waals surface area contributed by atoms with Crippen molar-refractivity contribution in [2.24, 2.45) is 0 Å². The highest BCUT2D eigenvalue weighted by Gasteiger charge is 2.30. The highest BCUT2D eigenvalue weighted by atomic mass is 16.5. The summed E-state index contributed by atoms with van der Waals surface area (Å²) in [7, 11) is 0. The molecule has 4 rings (SSSR count). The zero-order valence-electron chi connectivity index (χ0n) is 16.4. The third kappa shape index (κ3) is 5.02. The van der Waals surface area contributed by atoms with Gasteiger partial charge in [0.15, 0.2) is 0 Å². The van der Waals surface area contributed by atoms with Crippen LogP contribution >= 0.6 is 0 Å². The average molecular weight is 394 g/mol. The molecule has 0 saturated carbocycles. The third-order valence-electron chi connectivity index (χ3n) is 5.46. The molecule has 2 N–H and O–H groups in total. The Hall–Kier alpha value is -2.70. The summed E-state index contributed by atoms with van der Waals surface area (Å²) in [5.74, 6) is -0.705. The fourth-order valence-corrected chi connectivity index (χ4v) is 3.77. The Bertz CT molecular complexity index is 859. The first kappa shape index (κ1) is 19.6. The van der Waals surface area contributed by atoms with E-state index in [0.717, 1.165) is 48.4 Å². The van der Waals surface area contributed by atoms with Gasteiger partial charge < -0.3 is 20.1 Å². The second kappa shape index (κ2) is 9.20. The highest BCUT2D eigenvalue weighted by molar-refractivity contribution is 6.01. The van der Waals surface area contributed by atoms with Gasteiger partial charge in [-0.3, -0.25) is 9.59 Å². The lowest BCUT2D eigenvalue weighted by Gasteiger charge is -2.24. The smallest absolute Gasteiger partial charge is 0.228 e. The highest BCUT2D eigenvalue weighted by Crippen LogP contribution is 2.32. The molecule has 1 saturated heterocycles. The number of carbonyl (C=O) groups excluding carboxylic acids is 2. The van der Waals surface area contributed by atoms with E-state index in [2.05, 4.69) is 10.6 Å². The molecule has 29 heavy (non-hydrogen) atoms. The number of nitrogens with one attached hydrogen (secondary N) is 2. The Morgan fingerprint density at radius 1 is 1.07 bits per heavy atom. The van der Waals surface area contributed by atoms with Gasteiger partial charge in [-0.15, -0.1) is 0 Å². The predicted molar refractivity (Wildman–Crippen MR) is 109 cm³/mol. The molecule has 1 unspecified atom stereocenters. The molecule has 152 valence electrons. The molecule has 2 aliphatic heterocycles. The van der Waals surface area contributed by atoms with E-state index in [9.17, 15) is 9.59 Å². The van der Waals surface area contributed by atoms with Crippen LogP contribution in [0.1, 0.15) is 41.9 Å². The fourth-order valence-electron chi connectivity index (χ4n) is 3.77. The maximum absolute atomic E-state index is 12.7. The molecule has 2 heterocycles. The van der Waals surface area contributed by atoms with Gasteiger partial charge in [0.05, 0.1) is 18.6 Å². The lowest BCUT2D eigenvalue weighted by molar-refractivity contribution is -0.126. The first-order valence-corrected chi connectivity index (χ1v) is 10.1. The van der Waals surface area contributed by atoms with Gasteiger partial charge in [-0.25, -0.2) is 0 Å². The zero-order chi connectivity index (χ0) is 20.1. The van der Waals surface area contributed by atoms with Gasteiger partial charge in [-0.1, -0.05) is 42.5 Å². The molecule has 2 aliphatic rings. The van der Waals surface area contributed by atoms with Gasteiger partial charge in [-0.05, 0) is 35.6 Å². The minimum Gasteiger partial charge on any atom is -0.381 e. The van der Waals surface area contributed by atoms with Gasteiger partial charge in [0, 0.05) is 31.9 Å². The van der Waals surface area contributed by atoms with E-state index in [4.69, 9.17) is 9.47 Å². The number of hydrogen-bond donors (Lipinski definition) is 2. The number of amides is 2. The summed E-state index contributed by atoms with van der Waals surface area (Å²) in [5.41, 5.74) is 3.72. The summed E-state index contributed by atoms with van der Waals surface area (Å²) in [6.45, 7) is 2.57. The molecule has 0 spiro atoms. The summed E-state index contributed by atoms with van der Waals surface area (Å²) in [5, 5.41) is 5.79. The number of rotatable bonds is 6. The van der Waals surface area contributed by atoms with Crippen LogP contribution in [0.4, 0.5) is 5.69 Å². The van der Waals surface area contributed by atoms with E-state index in [1.54, 1.807) is 0 Å². The van der Waals surface area contributed by atoms with E-state index < -0.39 is 5.92 Å². The van der Waals surface area contributed by atoms with E-state index in [0.29, 0.717) is 13.2 Å². The number of ether oxygens (including phenoxy) is 2. The number of anilines is 1. The molecule has 0 bridgehead atoms. The summed E-state index contributed by atoms with van der Waals surface area (Å²) < 4.78 is 11.3. The molecule has 1 fully saturated rings. The maximum atomic E-state index is 12.7. The second-order valence-electron chi connectivity index (χ2n) is 7.55. The van der Waals surface area contributed by atoms with Crippen LogP contribution in [0.5, 0.6) is 0 Å². The Balaban J connectivity index is 1.30. The molecule has 2 amide bonds. The monoisotopic (exact) mass is 394 g/mol. The van der Waals surface area contributed by atoms with Crippen molar-refractivity contribution in [2.45, 2.75) is 44.4 Å². The molecule has 1 atom stereocenters. The van der Waals surface area contributed by atoms with Crippen LogP contribution in [-0.2, 0) is 32.2 Å². The largest absolute Gasteiger partial charge is 0.381 e. The van der Waals surface area contributed by atoms with E-state index in [1.807, 2.05) is 48.5 Å². The van der Waals surface area contributed by atoms with Crippen LogP contribution in [0, 0.1) is 0 Å². The van der Waals surface area contributed by atoms with Crippen LogP contribution in [-0.4, -0.2) is 31.1 Å². The number of hydrogen-bond acceptors (Lipinski definition) is 4. The van der Waals surface area contributed by atoms with Crippen LogP contribution in [0.15, 0.2) is 48.5 Å². The molecule has 0 aliphatic carbocycles. The number of benzene rings is 2. The van der Waals surface area contributed by atoms with Crippen LogP contribution in [0.25, 0.3) is 0 Å². The SMILES string of the molecule is O=C1CC(C(=O)NCc2ccc(COC3CCOCC3)cc2)c2ccccc2N1. The van der Waals surface area contributed by atoms with Gasteiger partial charge in [0.2, 0.25) is 11.8 Å². The lowest BCUT2D eigenvalue weighted by atomic mass is 9.90. The molecule has 6 nitrogen and oxygen atoms in total. The molecule has 2 aromatic carbocycles. The van der Waals surface area contributed by atoms with Gasteiger partial charge in [-0.2, -0.15) is 0 Å². The molecule has 0 radical (unpaired) electrons. The predicted octanol–water partition coefficient (Wildman–Crippen LogP) is 3.12. The van der Waals surface area contributed by atoms with Gasteiger partial charge in [0.25, 0.3) is 0 Å². The Morgan fingerprint density at radius 3 is 2.59 bits per heavy atom. The van der Waals surface area contributed by atoms with E-state index in [1.165, 1.54) is 0 Å². The van der Waals surface area contributed by atoms with Gasteiger partial charge in [0.1, 0.15) is 0 Å². The molecular weight excluding hydrogens is 368 g/mol. The maximum Gasteiger partial charge on any atom is 0.228 e. The van der Waals surface area contributed by atoms with E-state index >= 15 is 0 Å². The van der Waals surface area contributed by atoms with Crippen molar-refractivity contribution in [1.82, 2.24) is 5.32 Å². The second-order valence-corrected chi connectivity index (χ2v) is 7.55. The molecule has 2 aromatic rings.